The van der Waals surface area contributed by atoms with Gasteiger partial charge in [-0.25, -0.2) is 0 Å². The zero-order valence-electron chi connectivity index (χ0n) is 11.3. The van der Waals surface area contributed by atoms with Gasteiger partial charge in [0.2, 0.25) is 0 Å². The molecule has 17 heavy (non-hydrogen) atoms. The van der Waals surface area contributed by atoms with Crippen LogP contribution in [0.4, 0.5) is 0 Å². The molecule has 0 radical (unpaired) electrons. The molecule has 0 bridgehead atoms. The highest BCUT2D eigenvalue weighted by atomic mass is 16.6. The predicted molar refractivity (Wildman–Crippen MR) is 67.8 cm³/mol. The molecule has 0 amide bonds. The summed E-state index contributed by atoms with van der Waals surface area (Å²) in [6.07, 6.45) is 6.62. The van der Waals surface area contributed by atoms with Crippen molar-refractivity contribution >= 4 is 5.97 Å². The van der Waals surface area contributed by atoms with Crippen LogP contribution in [0, 0.1) is 5.41 Å². The quantitative estimate of drug-likeness (QED) is 0.715. The molecule has 0 unspecified atom stereocenters. The van der Waals surface area contributed by atoms with Gasteiger partial charge in [-0.15, -0.1) is 0 Å². The maximum absolute atomic E-state index is 12.5. The van der Waals surface area contributed by atoms with Crippen molar-refractivity contribution in [2.75, 3.05) is 6.54 Å². The molecule has 1 N–H and O–H groups in total. The van der Waals surface area contributed by atoms with E-state index in [0.717, 1.165) is 38.6 Å². The zero-order chi connectivity index (χ0) is 12.5. The average molecular weight is 239 g/mol. The van der Waals surface area contributed by atoms with Crippen LogP contribution in [0.3, 0.4) is 0 Å². The van der Waals surface area contributed by atoms with Crippen molar-refractivity contribution in [2.45, 2.75) is 70.9 Å². The highest BCUT2D eigenvalue weighted by Gasteiger charge is 2.50. The van der Waals surface area contributed by atoms with Gasteiger partial charge in [0.1, 0.15) is 5.60 Å². The van der Waals surface area contributed by atoms with E-state index < -0.39 is 0 Å². The number of hydrogen-bond donors (Lipinski definition) is 1. The van der Waals surface area contributed by atoms with Crippen LogP contribution in [0.5, 0.6) is 0 Å². The molecule has 2 fully saturated rings. The third-order valence-corrected chi connectivity index (χ3v) is 4.03. The average Bonchev–Trinajstić information content (AvgIpc) is 2.26. The second-order valence-corrected chi connectivity index (χ2v) is 6.51. The molecule has 3 nitrogen and oxygen atoms in total. The molecule has 98 valence electrons. The van der Waals surface area contributed by atoms with Crippen LogP contribution in [-0.4, -0.2) is 24.2 Å². The first kappa shape index (κ1) is 12.9. The normalized spacial score (nSPS) is 33.9. The summed E-state index contributed by atoms with van der Waals surface area (Å²) in [6, 6.07) is 0.347. The van der Waals surface area contributed by atoms with E-state index >= 15 is 0 Å². The van der Waals surface area contributed by atoms with Crippen LogP contribution >= 0.6 is 0 Å². The molecule has 1 saturated heterocycles. The van der Waals surface area contributed by atoms with Gasteiger partial charge in [-0.2, -0.15) is 0 Å². The topological polar surface area (TPSA) is 38.3 Å². The summed E-state index contributed by atoms with van der Waals surface area (Å²) in [5, 5.41) is 3.53. The van der Waals surface area contributed by atoms with Crippen molar-refractivity contribution in [3.63, 3.8) is 0 Å². The smallest absolute Gasteiger partial charge is 0.314 e. The van der Waals surface area contributed by atoms with Crippen LogP contribution in [0.25, 0.3) is 0 Å². The van der Waals surface area contributed by atoms with Gasteiger partial charge in [-0.1, -0.05) is 12.8 Å². The molecule has 2 rings (SSSR count). The van der Waals surface area contributed by atoms with Crippen LogP contribution in [0.15, 0.2) is 0 Å². The van der Waals surface area contributed by atoms with Gasteiger partial charge in [-0.05, 0) is 53.0 Å². The van der Waals surface area contributed by atoms with Gasteiger partial charge in [0.25, 0.3) is 0 Å². The van der Waals surface area contributed by atoms with Crippen LogP contribution in [0.1, 0.15) is 59.3 Å². The maximum atomic E-state index is 12.5. The number of rotatable bonds is 1. The molecular formula is C14H25NO2. The van der Waals surface area contributed by atoms with Crippen LogP contribution < -0.4 is 5.32 Å². The number of nitrogens with one attached hydrogen (secondary N) is 1. The van der Waals surface area contributed by atoms with Crippen molar-refractivity contribution in [1.29, 1.82) is 0 Å². The molecule has 0 spiro atoms. The van der Waals surface area contributed by atoms with Crippen molar-refractivity contribution in [3.8, 4) is 0 Å². The zero-order valence-corrected chi connectivity index (χ0v) is 11.3. The molecule has 0 aromatic heterocycles. The van der Waals surface area contributed by atoms with Gasteiger partial charge in [-0.3, -0.25) is 4.79 Å². The van der Waals surface area contributed by atoms with Crippen LogP contribution in [0.2, 0.25) is 0 Å². The monoisotopic (exact) mass is 239 g/mol. The standard InChI is InChI=1S/C14H25NO2/c1-13(2,3)17-12(16)14-8-5-4-7-11(14)15-10-6-9-14/h11,15H,4-10H2,1-3H3/t11-,14-/m0/s1. The van der Waals surface area contributed by atoms with Gasteiger partial charge in [0.15, 0.2) is 0 Å². The van der Waals surface area contributed by atoms with E-state index in [-0.39, 0.29) is 17.0 Å². The predicted octanol–water partition coefficient (Wildman–Crippen LogP) is 2.64. The first-order valence-corrected chi connectivity index (χ1v) is 6.91. The Morgan fingerprint density at radius 1 is 1.24 bits per heavy atom. The van der Waals surface area contributed by atoms with E-state index in [1.54, 1.807) is 0 Å². The minimum atomic E-state index is -0.370. The molecule has 1 heterocycles. The summed E-state index contributed by atoms with van der Waals surface area (Å²) in [6.45, 7) is 6.91. The molecular weight excluding hydrogens is 214 g/mol. The molecule has 1 aliphatic carbocycles. The first-order valence-electron chi connectivity index (χ1n) is 6.91. The van der Waals surface area contributed by atoms with Crippen molar-refractivity contribution in [3.05, 3.63) is 0 Å². The fraction of sp³-hybridized carbons (Fsp3) is 0.929. The van der Waals surface area contributed by atoms with E-state index in [4.69, 9.17) is 4.74 Å². The summed E-state index contributed by atoms with van der Waals surface area (Å²) in [4.78, 5) is 12.5. The number of hydrogen-bond acceptors (Lipinski definition) is 3. The fourth-order valence-electron chi connectivity index (χ4n) is 3.24. The number of ether oxygens (including phenoxy) is 1. The molecule has 0 aromatic carbocycles. The lowest BCUT2D eigenvalue weighted by molar-refractivity contribution is -0.174. The fourth-order valence-corrected chi connectivity index (χ4v) is 3.24. The van der Waals surface area contributed by atoms with Gasteiger partial charge in [0, 0.05) is 6.04 Å². The van der Waals surface area contributed by atoms with E-state index in [2.05, 4.69) is 5.32 Å². The lowest BCUT2D eigenvalue weighted by Crippen LogP contribution is -2.57. The number of piperidine rings is 1. The minimum absolute atomic E-state index is 0.0295. The van der Waals surface area contributed by atoms with E-state index in [9.17, 15) is 4.79 Å². The summed E-state index contributed by atoms with van der Waals surface area (Å²) in [5.41, 5.74) is -0.602. The SMILES string of the molecule is CC(C)(C)OC(=O)[C@]12CCCC[C@@H]1NCCC2. The van der Waals surface area contributed by atoms with Crippen molar-refractivity contribution < 1.29 is 9.53 Å². The highest BCUT2D eigenvalue weighted by Crippen LogP contribution is 2.44. The third-order valence-electron chi connectivity index (χ3n) is 4.03. The Morgan fingerprint density at radius 2 is 1.94 bits per heavy atom. The lowest BCUT2D eigenvalue weighted by atomic mass is 9.66. The first-order chi connectivity index (χ1) is 7.94. The second kappa shape index (κ2) is 4.60. The van der Waals surface area contributed by atoms with Crippen molar-refractivity contribution in [1.82, 2.24) is 5.32 Å². The Morgan fingerprint density at radius 3 is 2.65 bits per heavy atom. The van der Waals surface area contributed by atoms with Gasteiger partial charge in [0.05, 0.1) is 5.41 Å². The maximum Gasteiger partial charge on any atom is 0.314 e. The minimum Gasteiger partial charge on any atom is -0.459 e. The molecule has 3 heteroatoms. The number of esters is 1. The Balaban J connectivity index is 2.15. The third kappa shape index (κ3) is 2.65. The van der Waals surface area contributed by atoms with Crippen molar-refractivity contribution in [2.24, 2.45) is 5.41 Å². The number of carbonyl (C=O) groups is 1. The summed E-state index contributed by atoms with van der Waals surface area (Å²) < 4.78 is 5.66. The molecule has 2 aliphatic rings. The van der Waals surface area contributed by atoms with E-state index in [1.807, 2.05) is 20.8 Å². The number of carbonyl (C=O) groups excluding carboxylic acids is 1. The van der Waals surface area contributed by atoms with Crippen LogP contribution in [-0.2, 0) is 9.53 Å². The Labute approximate surface area is 104 Å². The Bertz CT molecular complexity index is 281. The molecule has 2 atom stereocenters. The number of fused-ring (bicyclic) bond motifs is 1. The summed E-state index contributed by atoms with van der Waals surface area (Å²) in [7, 11) is 0. The van der Waals surface area contributed by atoms with E-state index in [1.165, 1.54) is 6.42 Å². The highest BCUT2D eigenvalue weighted by molar-refractivity contribution is 5.78. The molecule has 1 saturated carbocycles. The summed E-state index contributed by atoms with van der Waals surface area (Å²) >= 11 is 0. The van der Waals surface area contributed by atoms with E-state index in [0.29, 0.717) is 6.04 Å². The largest absolute Gasteiger partial charge is 0.459 e. The molecule has 1 aliphatic heterocycles. The summed E-state index contributed by atoms with van der Waals surface area (Å²) in [5.74, 6) is 0.0295. The Hall–Kier alpha value is -0.570. The van der Waals surface area contributed by atoms with Gasteiger partial charge < -0.3 is 10.1 Å². The molecule has 0 aromatic rings. The van der Waals surface area contributed by atoms with Gasteiger partial charge >= 0.3 is 5.97 Å². The second-order valence-electron chi connectivity index (χ2n) is 6.51. The Kier molecular flexibility index (Phi) is 3.48. The lowest BCUT2D eigenvalue weighted by Gasteiger charge is -2.46.